The normalized spacial score (nSPS) is 31.9. The summed E-state index contributed by atoms with van der Waals surface area (Å²) < 4.78 is 0.745. The van der Waals surface area contributed by atoms with Crippen molar-refractivity contribution < 1.29 is 19.2 Å². The van der Waals surface area contributed by atoms with Crippen molar-refractivity contribution in [2.45, 2.75) is 44.3 Å². The standard InChI is InChI=1S/C19H21BrN4O4/c1-3-8(2)24-16(26)14-12(7-13(21)25)23-19(15(14)17(24)27)10-6-9(20)4-5-11(10)22-18(19)28/h4-6,8,12,14-15,23H,3,7H2,1-2H3,(H2,21,25)(H,22,28)/t8-,12-,14-,15-,19+/m0/s1. The summed E-state index contributed by atoms with van der Waals surface area (Å²) in [4.78, 5) is 52.6. The van der Waals surface area contributed by atoms with Crippen molar-refractivity contribution in [1.29, 1.82) is 0 Å². The lowest BCUT2D eigenvalue weighted by Gasteiger charge is -2.31. The van der Waals surface area contributed by atoms with Gasteiger partial charge in [-0.3, -0.25) is 29.4 Å². The third kappa shape index (κ3) is 2.39. The maximum atomic E-state index is 13.4. The number of nitrogens with one attached hydrogen (secondary N) is 2. The van der Waals surface area contributed by atoms with E-state index in [9.17, 15) is 19.2 Å². The number of halogens is 1. The van der Waals surface area contributed by atoms with Crippen molar-refractivity contribution in [2.75, 3.05) is 5.32 Å². The molecule has 2 fully saturated rings. The quantitative estimate of drug-likeness (QED) is 0.589. The summed E-state index contributed by atoms with van der Waals surface area (Å²) in [5.41, 5.74) is 5.18. The molecule has 4 N–H and O–H groups in total. The second-order valence-electron chi connectivity index (χ2n) is 7.68. The van der Waals surface area contributed by atoms with Crippen LogP contribution in [0.3, 0.4) is 0 Å². The van der Waals surface area contributed by atoms with E-state index in [2.05, 4.69) is 26.6 Å². The Balaban J connectivity index is 1.90. The van der Waals surface area contributed by atoms with Crippen molar-refractivity contribution in [1.82, 2.24) is 10.2 Å². The first kappa shape index (κ1) is 19.1. The van der Waals surface area contributed by atoms with Crippen LogP contribution in [0.25, 0.3) is 0 Å². The molecule has 0 saturated carbocycles. The number of carbonyl (C=O) groups is 4. The summed E-state index contributed by atoms with van der Waals surface area (Å²) >= 11 is 3.41. The average molecular weight is 449 g/mol. The number of hydrogen-bond acceptors (Lipinski definition) is 5. The maximum Gasteiger partial charge on any atom is 0.250 e. The molecule has 0 radical (unpaired) electrons. The Kier molecular flexibility index (Phi) is 4.35. The van der Waals surface area contributed by atoms with E-state index in [-0.39, 0.29) is 24.3 Å². The number of anilines is 1. The van der Waals surface area contributed by atoms with E-state index in [0.717, 1.165) is 4.47 Å². The molecule has 1 spiro atoms. The smallest absolute Gasteiger partial charge is 0.250 e. The van der Waals surface area contributed by atoms with Crippen LogP contribution in [0.2, 0.25) is 0 Å². The number of nitrogens with zero attached hydrogens (tertiary/aromatic N) is 1. The van der Waals surface area contributed by atoms with Gasteiger partial charge in [-0.15, -0.1) is 0 Å². The van der Waals surface area contributed by atoms with Gasteiger partial charge in [-0.1, -0.05) is 22.9 Å². The topological polar surface area (TPSA) is 122 Å². The fourth-order valence-corrected chi connectivity index (χ4v) is 5.17. The second-order valence-corrected chi connectivity index (χ2v) is 8.60. The van der Waals surface area contributed by atoms with E-state index in [1.807, 2.05) is 6.92 Å². The number of primary amides is 1. The molecular formula is C19H21BrN4O4. The minimum absolute atomic E-state index is 0.132. The highest BCUT2D eigenvalue weighted by Crippen LogP contribution is 2.54. The largest absolute Gasteiger partial charge is 0.370 e. The molecule has 4 rings (SSSR count). The van der Waals surface area contributed by atoms with Gasteiger partial charge in [0.05, 0.1) is 11.8 Å². The summed E-state index contributed by atoms with van der Waals surface area (Å²) in [6.45, 7) is 3.70. The molecule has 28 heavy (non-hydrogen) atoms. The monoisotopic (exact) mass is 448 g/mol. The predicted octanol–water partition coefficient (Wildman–Crippen LogP) is 0.843. The highest BCUT2D eigenvalue weighted by molar-refractivity contribution is 9.10. The Morgan fingerprint density at radius 1 is 1.32 bits per heavy atom. The molecule has 1 aromatic rings. The Morgan fingerprint density at radius 3 is 2.68 bits per heavy atom. The minimum atomic E-state index is -1.40. The molecule has 3 aliphatic rings. The van der Waals surface area contributed by atoms with Crippen LogP contribution in [0.15, 0.2) is 22.7 Å². The van der Waals surface area contributed by atoms with Crippen molar-refractivity contribution >= 4 is 45.2 Å². The Hall–Kier alpha value is -2.26. The summed E-state index contributed by atoms with van der Waals surface area (Å²) in [5, 5.41) is 5.99. The highest BCUT2D eigenvalue weighted by atomic mass is 79.9. The fraction of sp³-hybridized carbons (Fsp3) is 0.474. The number of carbonyl (C=O) groups excluding carboxylic acids is 4. The van der Waals surface area contributed by atoms with Crippen LogP contribution in [0.4, 0.5) is 5.69 Å². The number of amides is 4. The van der Waals surface area contributed by atoms with Gasteiger partial charge in [-0.2, -0.15) is 0 Å². The molecule has 0 aromatic heterocycles. The number of fused-ring (bicyclic) bond motifs is 4. The molecule has 1 aromatic carbocycles. The summed E-state index contributed by atoms with van der Waals surface area (Å²) in [7, 11) is 0. The molecule has 9 heteroatoms. The van der Waals surface area contributed by atoms with E-state index in [0.29, 0.717) is 17.7 Å². The van der Waals surface area contributed by atoms with Gasteiger partial charge in [0.2, 0.25) is 23.6 Å². The molecule has 0 bridgehead atoms. The summed E-state index contributed by atoms with van der Waals surface area (Å²) in [5.74, 6) is -3.46. The number of rotatable bonds is 4. The third-order valence-electron chi connectivity index (χ3n) is 6.16. The first-order chi connectivity index (χ1) is 13.2. The zero-order valence-electron chi connectivity index (χ0n) is 15.5. The number of nitrogens with two attached hydrogens (primary N) is 1. The zero-order chi connectivity index (χ0) is 20.4. The van der Waals surface area contributed by atoms with Gasteiger partial charge in [0.1, 0.15) is 5.54 Å². The Labute approximate surface area is 170 Å². The zero-order valence-corrected chi connectivity index (χ0v) is 17.1. The second kappa shape index (κ2) is 6.38. The van der Waals surface area contributed by atoms with Crippen molar-refractivity contribution in [3.05, 3.63) is 28.2 Å². The van der Waals surface area contributed by atoms with Crippen LogP contribution in [0.5, 0.6) is 0 Å². The van der Waals surface area contributed by atoms with Crippen LogP contribution in [-0.2, 0) is 24.7 Å². The van der Waals surface area contributed by atoms with Gasteiger partial charge in [0.25, 0.3) is 0 Å². The molecule has 0 aliphatic carbocycles. The van der Waals surface area contributed by atoms with Crippen LogP contribution >= 0.6 is 15.9 Å². The number of likely N-dealkylation sites (tertiary alicyclic amines) is 1. The van der Waals surface area contributed by atoms with Gasteiger partial charge < -0.3 is 11.1 Å². The van der Waals surface area contributed by atoms with Gasteiger partial charge in [-0.05, 0) is 31.5 Å². The van der Waals surface area contributed by atoms with E-state index in [4.69, 9.17) is 5.73 Å². The number of imide groups is 1. The van der Waals surface area contributed by atoms with Gasteiger partial charge in [0, 0.05) is 34.2 Å². The fourth-order valence-electron chi connectivity index (χ4n) is 4.80. The Morgan fingerprint density at radius 2 is 2.04 bits per heavy atom. The molecule has 0 unspecified atom stereocenters. The molecule has 4 amide bonds. The lowest BCUT2D eigenvalue weighted by atomic mass is 9.76. The van der Waals surface area contributed by atoms with Crippen molar-refractivity contribution in [2.24, 2.45) is 17.6 Å². The van der Waals surface area contributed by atoms with Crippen LogP contribution in [0, 0.1) is 11.8 Å². The van der Waals surface area contributed by atoms with Crippen LogP contribution in [0.1, 0.15) is 32.3 Å². The molecule has 5 atom stereocenters. The molecule has 2 saturated heterocycles. The first-order valence-electron chi connectivity index (χ1n) is 9.26. The first-order valence-corrected chi connectivity index (χ1v) is 10.1. The lowest BCUT2D eigenvalue weighted by molar-refractivity contribution is -0.145. The number of hydrogen-bond donors (Lipinski definition) is 3. The van der Waals surface area contributed by atoms with Crippen molar-refractivity contribution in [3.63, 3.8) is 0 Å². The lowest BCUT2D eigenvalue weighted by Crippen LogP contribution is -2.54. The summed E-state index contributed by atoms with van der Waals surface area (Å²) in [6, 6.07) is 4.33. The van der Waals surface area contributed by atoms with Gasteiger partial charge in [0.15, 0.2) is 0 Å². The average Bonchev–Trinajstić information content (AvgIpc) is 3.20. The van der Waals surface area contributed by atoms with Crippen LogP contribution < -0.4 is 16.4 Å². The SMILES string of the molecule is CC[C@H](C)N1C(=O)[C@H]2[C@H](CC(N)=O)N[C@@]3(C(=O)Nc4ccc(Br)cc43)[C@@H]2C1=O. The maximum absolute atomic E-state index is 13.4. The molecular weight excluding hydrogens is 428 g/mol. The molecule has 3 aliphatic heterocycles. The van der Waals surface area contributed by atoms with Crippen molar-refractivity contribution in [3.8, 4) is 0 Å². The van der Waals surface area contributed by atoms with E-state index in [1.165, 1.54) is 4.90 Å². The number of benzene rings is 1. The van der Waals surface area contributed by atoms with Gasteiger partial charge >= 0.3 is 0 Å². The predicted molar refractivity (Wildman–Crippen MR) is 104 cm³/mol. The molecule has 8 nitrogen and oxygen atoms in total. The van der Waals surface area contributed by atoms with E-state index >= 15 is 0 Å². The molecule has 148 valence electrons. The minimum Gasteiger partial charge on any atom is -0.370 e. The van der Waals surface area contributed by atoms with Crippen LogP contribution in [-0.4, -0.2) is 40.6 Å². The van der Waals surface area contributed by atoms with E-state index in [1.54, 1.807) is 25.1 Å². The highest BCUT2D eigenvalue weighted by Gasteiger charge is 2.70. The molecule has 3 heterocycles. The Bertz CT molecular complexity index is 919. The van der Waals surface area contributed by atoms with E-state index < -0.39 is 35.2 Å². The van der Waals surface area contributed by atoms with Gasteiger partial charge in [-0.25, -0.2) is 0 Å². The third-order valence-corrected chi connectivity index (χ3v) is 6.66. The summed E-state index contributed by atoms with van der Waals surface area (Å²) in [6.07, 6.45) is 0.471.